The highest BCUT2D eigenvalue weighted by molar-refractivity contribution is 5.67. The Morgan fingerprint density at radius 1 is 1.50 bits per heavy atom. The van der Waals surface area contributed by atoms with Gasteiger partial charge in [-0.2, -0.15) is 0 Å². The fourth-order valence-electron chi connectivity index (χ4n) is 2.19. The van der Waals surface area contributed by atoms with Crippen molar-refractivity contribution in [1.29, 1.82) is 0 Å². The summed E-state index contributed by atoms with van der Waals surface area (Å²) in [5, 5.41) is 13.1. The first-order valence-corrected chi connectivity index (χ1v) is 7.04. The third-order valence-corrected chi connectivity index (χ3v) is 3.34. The maximum absolute atomic E-state index is 12.8. The Labute approximate surface area is 135 Å². The van der Waals surface area contributed by atoms with E-state index in [1.54, 1.807) is 0 Å². The van der Waals surface area contributed by atoms with E-state index in [1.807, 2.05) is 0 Å². The number of alkyl carbamates (subject to hydrolysis) is 1. The fourth-order valence-corrected chi connectivity index (χ4v) is 2.19. The Kier molecular flexibility index (Phi) is 4.27. The van der Waals surface area contributed by atoms with Gasteiger partial charge in [0.05, 0.1) is 13.1 Å². The van der Waals surface area contributed by atoms with Crippen LogP contribution in [0.1, 0.15) is 5.56 Å². The predicted molar refractivity (Wildman–Crippen MR) is 77.9 cm³/mol. The van der Waals surface area contributed by atoms with Crippen molar-refractivity contribution < 1.29 is 23.6 Å². The minimum Gasteiger partial charge on any atom is -0.445 e. The molecule has 0 aliphatic carbocycles. The van der Waals surface area contributed by atoms with Crippen LogP contribution >= 0.6 is 0 Å². The van der Waals surface area contributed by atoms with E-state index in [4.69, 9.17) is 9.47 Å². The van der Waals surface area contributed by atoms with Crippen LogP contribution in [0.25, 0.3) is 0 Å². The first-order valence-electron chi connectivity index (χ1n) is 7.04. The lowest BCUT2D eigenvalue weighted by Gasteiger charge is -2.10. The lowest BCUT2D eigenvalue weighted by molar-refractivity contribution is -0.389. The molecule has 1 N–H and O–H groups in total. The molecule has 1 amide bonds. The van der Waals surface area contributed by atoms with Crippen molar-refractivity contribution in [3.05, 3.63) is 52.0 Å². The van der Waals surface area contributed by atoms with Crippen LogP contribution in [0.3, 0.4) is 0 Å². The lowest BCUT2D eigenvalue weighted by Crippen LogP contribution is -2.35. The smallest absolute Gasteiger partial charge is 0.414 e. The third-order valence-electron chi connectivity index (χ3n) is 3.34. The van der Waals surface area contributed by atoms with Gasteiger partial charge in [-0.1, -0.05) is 12.1 Å². The predicted octanol–water partition coefficient (Wildman–Crippen LogP) is 1.62. The summed E-state index contributed by atoms with van der Waals surface area (Å²) in [6.07, 6.45) is 0.257. The van der Waals surface area contributed by atoms with Gasteiger partial charge >= 0.3 is 17.9 Å². The molecule has 126 valence electrons. The Balaban J connectivity index is 1.41. The Hall–Kier alpha value is -3.17. The van der Waals surface area contributed by atoms with Gasteiger partial charge in [0.1, 0.15) is 24.7 Å². The molecule has 1 aromatic carbocycles. The molecule has 9 nitrogen and oxygen atoms in total. The molecule has 3 rings (SSSR count). The quantitative estimate of drug-likeness (QED) is 0.656. The Morgan fingerprint density at radius 2 is 2.25 bits per heavy atom. The minimum absolute atomic E-state index is 0.0192. The highest BCUT2D eigenvalue weighted by Crippen LogP contribution is 2.24. The van der Waals surface area contributed by atoms with E-state index in [0.717, 1.165) is 0 Å². The van der Waals surface area contributed by atoms with Crippen LogP contribution in [-0.2, 0) is 17.9 Å². The van der Waals surface area contributed by atoms with Gasteiger partial charge in [0, 0.05) is 4.98 Å². The second kappa shape index (κ2) is 6.52. The molecule has 1 aliphatic heterocycles. The zero-order valence-electron chi connectivity index (χ0n) is 12.3. The van der Waals surface area contributed by atoms with Gasteiger partial charge in [-0.3, -0.25) is 4.57 Å². The molecule has 24 heavy (non-hydrogen) atoms. The Bertz CT molecular complexity index is 738. The van der Waals surface area contributed by atoms with E-state index in [-0.39, 0.29) is 36.9 Å². The highest BCUT2D eigenvalue weighted by atomic mass is 19.1. The number of rotatable bonds is 5. The number of fused-ring (bicyclic) bond motifs is 1. The average molecular weight is 336 g/mol. The Morgan fingerprint density at radius 3 is 2.92 bits per heavy atom. The van der Waals surface area contributed by atoms with Crippen molar-refractivity contribution in [2.45, 2.75) is 19.3 Å². The van der Waals surface area contributed by atoms with Gasteiger partial charge in [-0.15, -0.1) is 0 Å². The lowest BCUT2D eigenvalue weighted by atomic mass is 10.2. The molecule has 0 spiro atoms. The van der Waals surface area contributed by atoms with Gasteiger partial charge in [-0.05, 0) is 22.6 Å². The number of halogens is 1. The number of ether oxygens (including phenoxy) is 2. The monoisotopic (exact) mass is 336 g/mol. The molecule has 0 saturated heterocycles. The summed E-state index contributed by atoms with van der Waals surface area (Å²) in [5.41, 5.74) is 0.663. The molecular formula is C14H13FN4O5. The van der Waals surface area contributed by atoms with E-state index >= 15 is 0 Å². The number of nitrogens with zero attached hydrogens (tertiary/aromatic N) is 3. The number of aromatic nitrogens is 2. The minimum atomic E-state index is -0.640. The molecule has 0 saturated carbocycles. The molecule has 1 aliphatic rings. The van der Waals surface area contributed by atoms with E-state index in [0.29, 0.717) is 12.1 Å². The van der Waals surface area contributed by atoms with Crippen LogP contribution in [0.5, 0.6) is 6.01 Å². The SMILES string of the molecule is O=C(NCC1Cn2cc([N+](=O)[O-])nc2O1)OCc1ccc(F)cc1. The molecule has 2 heterocycles. The van der Waals surface area contributed by atoms with Gasteiger partial charge in [0.2, 0.25) is 0 Å². The number of imidazole rings is 1. The first-order chi connectivity index (χ1) is 11.5. The second-order valence-corrected chi connectivity index (χ2v) is 5.11. The number of carbonyl (C=O) groups excluding carboxylic acids is 1. The van der Waals surface area contributed by atoms with E-state index < -0.39 is 11.0 Å². The molecule has 1 aromatic heterocycles. The van der Waals surface area contributed by atoms with Gasteiger partial charge in [0.15, 0.2) is 0 Å². The molecule has 0 fully saturated rings. The third kappa shape index (κ3) is 3.59. The number of hydrogen-bond donors (Lipinski definition) is 1. The van der Waals surface area contributed by atoms with Gasteiger partial charge in [-0.25, -0.2) is 9.18 Å². The standard InChI is InChI=1S/C14H13FN4O5/c15-10-3-1-9(2-4-10)8-23-14(20)16-5-11-6-18-7-12(19(21)22)17-13(18)24-11/h1-4,7,11H,5-6,8H2,(H,16,20). The van der Waals surface area contributed by atoms with Crippen LogP contribution in [-0.4, -0.2) is 33.2 Å². The molecule has 10 heteroatoms. The topological polar surface area (TPSA) is 109 Å². The van der Waals surface area contributed by atoms with Crippen molar-refractivity contribution in [1.82, 2.24) is 14.9 Å². The summed E-state index contributed by atoms with van der Waals surface area (Å²) in [6, 6.07) is 5.75. The molecule has 0 radical (unpaired) electrons. The van der Waals surface area contributed by atoms with Crippen LogP contribution in [0, 0.1) is 15.9 Å². The van der Waals surface area contributed by atoms with Crippen molar-refractivity contribution in [2.75, 3.05) is 6.54 Å². The fraction of sp³-hybridized carbons (Fsp3) is 0.286. The average Bonchev–Trinajstić information content (AvgIpc) is 3.11. The first kappa shape index (κ1) is 15.7. The molecule has 0 bridgehead atoms. The van der Waals surface area contributed by atoms with Crippen LogP contribution < -0.4 is 10.1 Å². The zero-order chi connectivity index (χ0) is 17.1. The number of carbonyl (C=O) groups is 1. The maximum Gasteiger partial charge on any atom is 0.414 e. The largest absolute Gasteiger partial charge is 0.445 e. The van der Waals surface area contributed by atoms with Crippen LogP contribution in [0.2, 0.25) is 0 Å². The zero-order valence-corrected chi connectivity index (χ0v) is 12.3. The number of nitro groups is 1. The summed E-state index contributed by atoms with van der Waals surface area (Å²) in [7, 11) is 0. The van der Waals surface area contributed by atoms with E-state index in [1.165, 1.54) is 35.0 Å². The number of amides is 1. The van der Waals surface area contributed by atoms with Crippen molar-refractivity contribution in [3.8, 4) is 6.01 Å². The van der Waals surface area contributed by atoms with Crippen molar-refractivity contribution >= 4 is 11.9 Å². The number of hydrogen-bond acceptors (Lipinski definition) is 6. The van der Waals surface area contributed by atoms with Crippen molar-refractivity contribution in [2.24, 2.45) is 0 Å². The molecule has 1 atom stereocenters. The van der Waals surface area contributed by atoms with Gasteiger partial charge in [0.25, 0.3) is 0 Å². The normalized spacial score (nSPS) is 15.5. The summed E-state index contributed by atoms with van der Waals surface area (Å²) in [6.45, 7) is 0.527. The summed E-state index contributed by atoms with van der Waals surface area (Å²) in [5.74, 6) is -0.644. The molecular weight excluding hydrogens is 323 g/mol. The van der Waals surface area contributed by atoms with Crippen LogP contribution in [0.4, 0.5) is 15.0 Å². The molecule has 2 aromatic rings. The summed E-state index contributed by atoms with van der Waals surface area (Å²) in [4.78, 5) is 25.3. The van der Waals surface area contributed by atoms with E-state index in [2.05, 4.69) is 10.3 Å². The molecule has 1 unspecified atom stereocenters. The summed E-state index contributed by atoms with van der Waals surface area (Å²) < 4.78 is 24.7. The van der Waals surface area contributed by atoms with Crippen molar-refractivity contribution in [3.63, 3.8) is 0 Å². The number of nitrogens with one attached hydrogen (secondary N) is 1. The second-order valence-electron chi connectivity index (χ2n) is 5.11. The maximum atomic E-state index is 12.8. The number of benzene rings is 1. The van der Waals surface area contributed by atoms with Gasteiger partial charge < -0.3 is 24.9 Å². The van der Waals surface area contributed by atoms with E-state index in [9.17, 15) is 19.3 Å². The highest BCUT2D eigenvalue weighted by Gasteiger charge is 2.31. The summed E-state index contributed by atoms with van der Waals surface area (Å²) >= 11 is 0. The van der Waals surface area contributed by atoms with Crippen LogP contribution in [0.15, 0.2) is 30.5 Å².